The molecule has 0 saturated heterocycles. The Morgan fingerprint density at radius 3 is 2.54 bits per heavy atom. The fourth-order valence-electron chi connectivity index (χ4n) is 3.72. The summed E-state index contributed by atoms with van der Waals surface area (Å²) in [5.41, 5.74) is 1.96. The number of nitrogens with zero attached hydrogens (tertiary/aromatic N) is 1. The van der Waals surface area contributed by atoms with Crippen LogP contribution >= 0.6 is 0 Å². The van der Waals surface area contributed by atoms with Crippen LogP contribution in [0, 0.1) is 11.8 Å². The van der Waals surface area contributed by atoms with Gasteiger partial charge in [0, 0.05) is 11.7 Å². The standard InChI is InChI=1S/C21H33N3O2/c1-5-17-10-6-7-11-19(17)23-21(26)14-24(4)13-20(25)22-18-12-8-9-15(2)16(18)3/h6-7,10-11,15-16,18H,5,8-9,12-14H2,1-4H3,(H,22,25)(H,23,26)/t15-,16-,18-/m1/s1. The maximum absolute atomic E-state index is 12.3. The number of benzene rings is 1. The zero-order chi connectivity index (χ0) is 19.1. The molecule has 0 radical (unpaired) electrons. The average Bonchev–Trinajstić information content (AvgIpc) is 2.59. The zero-order valence-corrected chi connectivity index (χ0v) is 16.5. The van der Waals surface area contributed by atoms with Crippen molar-refractivity contribution >= 4 is 17.5 Å². The van der Waals surface area contributed by atoms with Crippen molar-refractivity contribution < 1.29 is 9.59 Å². The molecule has 1 aliphatic carbocycles. The summed E-state index contributed by atoms with van der Waals surface area (Å²) < 4.78 is 0. The summed E-state index contributed by atoms with van der Waals surface area (Å²) in [5, 5.41) is 6.11. The molecule has 2 rings (SSSR count). The highest BCUT2D eigenvalue weighted by molar-refractivity contribution is 5.93. The fraction of sp³-hybridized carbons (Fsp3) is 0.619. The molecule has 0 aromatic heterocycles. The van der Waals surface area contributed by atoms with Crippen LogP contribution in [0.15, 0.2) is 24.3 Å². The first-order chi connectivity index (χ1) is 12.4. The molecule has 1 saturated carbocycles. The van der Waals surface area contributed by atoms with E-state index in [1.807, 2.05) is 24.3 Å². The van der Waals surface area contributed by atoms with E-state index in [0.717, 1.165) is 24.1 Å². The fourth-order valence-corrected chi connectivity index (χ4v) is 3.72. The van der Waals surface area contributed by atoms with Gasteiger partial charge in [0.05, 0.1) is 13.1 Å². The third-order valence-electron chi connectivity index (χ3n) is 5.55. The molecule has 3 atom stereocenters. The quantitative estimate of drug-likeness (QED) is 0.786. The van der Waals surface area contributed by atoms with Crippen molar-refractivity contribution in [3.63, 3.8) is 0 Å². The van der Waals surface area contributed by atoms with Gasteiger partial charge in [-0.1, -0.05) is 51.8 Å². The van der Waals surface area contributed by atoms with Gasteiger partial charge in [0.2, 0.25) is 11.8 Å². The van der Waals surface area contributed by atoms with Crippen molar-refractivity contribution in [1.82, 2.24) is 10.2 Å². The van der Waals surface area contributed by atoms with E-state index >= 15 is 0 Å². The second kappa shape index (κ2) is 9.72. The van der Waals surface area contributed by atoms with Crippen molar-refractivity contribution in [1.29, 1.82) is 0 Å². The monoisotopic (exact) mass is 359 g/mol. The Balaban J connectivity index is 1.79. The van der Waals surface area contributed by atoms with E-state index in [1.54, 1.807) is 11.9 Å². The van der Waals surface area contributed by atoms with Crippen LogP contribution in [-0.4, -0.2) is 42.9 Å². The number of hydrogen-bond donors (Lipinski definition) is 2. The molecule has 0 heterocycles. The van der Waals surface area contributed by atoms with Crippen molar-refractivity contribution in [2.45, 2.75) is 52.5 Å². The second-order valence-corrected chi connectivity index (χ2v) is 7.67. The van der Waals surface area contributed by atoms with Crippen LogP contribution in [0.1, 0.15) is 45.6 Å². The maximum Gasteiger partial charge on any atom is 0.238 e. The first kappa shape index (κ1) is 20.4. The molecule has 5 nitrogen and oxygen atoms in total. The molecule has 1 aromatic carbocycles. The highest BCUT2D eigenvalue weighted by Crippen LogP contribution is 2.29. The molecule has 0 spiro atoms. The number of para-hydroxylation sites is 1. The molecule has 1 fully saturated rings. The van der Waals surface area contributed by atoms with E-state index in [4.69, 9.17) is 0 Å². The summed E-state index contributed by atoms with van der Waals surface area (Å²) in [7, 11) is 1.80. The Labute approximate surface area is 157 Å². The molecule has 2 amide bonds. The first-order valence-corrected chi connectivity index (χ1v) is 9.76. The van der Waals surface area contributed by atoms with Crippen LogP contribution in [0.25, 0.3) is 0 Å². The highest BCUT2D eigenvalue weighted by Gasteiger charge is 2.28. The van der Waals surface area contributed by atoms with Crippen molar-refractivity contribution in [3.05, 3.63) is 29.8 Å². The largest absolute Gasteiger partial charge is 0.352 e. The number of anilines is 1. The lowest BCUT2D eigenvalue weighted by Gasteiger charge is -2.34. The number of carbonyl (C=O) groups excluding carboxylic acids is 2. The summed E-state index contributed by atoms with van der Waals surface area (Å²) in [5.74, 6) is 1.06. The predicted octanol–water partition coefficient (Wildman–Crippen LogP) is 3.06. The summed E-state index contributed by atoms with van der Waals surface area (Å²) >= 11 is 0. The van der Waals surface area contributed by atoms with Crippen molar-refractivity contribution in [2.75, 3.05) is 25.5 Å². The van der Waals surface area contributed by atoms with E-state index in [9.17, 15) is 9.59 Å². The normalized spacial score (nSPS) is 22.9. The number of likely N-dealkylation sites (N-methyl/N-ethyl adjacent to an activating group) is 1. The van der Waals surface area contributed by atoms with Gasteiger partial charge < -0.3 is 10.6 Å². The van der Waals surface area contributed by atoms with Gasteiger partial charge in [-0.25, -0.2) is 0 Å². The van der Waals surface area contributed by atoms with Crippen LogP contribution in [0.2, 0.25) is 0 Å². The molecule has 26 heavy (non-hydrogen) atoms. The Morgan fingerprint density at radius 2 is 1.81 bits per heavy atom. The van der Waals surface area contributed by atoms with Gasteiger partial charge >= 0.3 is 0 Å². The lowest BCUT2D eigenvalue weighted by atomic mass is 9.78. The summed E-state index contributed by atoms with van der Waals surface area (Å²) in [6.45, 7) is 6.97. The minimum absolute atomic E-state index is 0.000193. The van der Waals surface area contributed by atoms with Crippen LogP contribution in [0.5, 0.6) is 0 Å². The Bertz CT molecular complexity index is 617. The minimum atomic E-state index is -0.0964. The average molecular weight is 360 g/mol. The number of amides is 2. The van der Waals surface area contributed by atoms with Gasteiger partial charge in [0.15, 0.2) is 0 Å². The number of rotatable bonds is 7. The van der Waals surface area contributed by atoms with E-state index in [1.165, 1.54) is 12.8 Å². The van der Waals surface area contributed by atoms with Gasteiger partial charge in [-0.2, -0.15) is 0 Å². The predicted molar refractivity (Wildman–Crippen MR) is 106 cm³/mol. The lowest BCUT2D eigenvalue weighted by Crippen LogP contribution is -2.47. The second-order valence-electron chi connectivity index (χ2n) is 7.67. The smallest absolute Gasteiger partial charge is 0.238 e. The van der Waals surface area contributed by atoms with Gasteiger partial charge in [0.1, 0.15) is 0 Å². The SMILES string of the molecule is CCc1ccccc1NC(=O)CN(C)CC(=O)N[C@@H]1CCC[C@@H](C)[C@H]1C. The highest BCUT2D eigenvalue weighted by atomic mass is 16.2. The minimum Gasteiger partial charge on any atom is -0.352 e. The van der Waals surface area contributed by atoms with Crippen molar-refractivity contribution in [3.8, 4) is 0 Å². The molecule has 0 bridgehead atoms. The summed E-state index contributed by atoms with van der Waals surface area (Å²) in [4.78, 5) is 26.4. The maximum atomic E-state index is 12.3. The van der Waals surface area contributed by atoms with Gasteiger partial charge in [-0.05, 0) is 43.4 Å². The molecule has 0 aliphatic heterocycles. The molecular weight excluding hydrogens is 326 g/mol. The molecule has 0 unspecified atom stereocenters. The summed E-state index contributed by atoms with van der Waals surface area (Å²) in [6, 6.07) is 8.06. The lowest BCUT2D eigenvalue weighted by molar-refractivity contribution is -0.124. The van der Waals surface area contributed by atoms with Crippen LogP contribution in [0.4, 0.5) is 5.69 Å². The van der Waals surface area contributed by atoms with E-state index in [2.05, 4.69) is 31.4 Å². The third-order valence-corrected chi connectivity index (χ3v) is 5.55. The van der Waals surface area contributed by atoms with Gasteiger partial charge in [0.25, 0.3) is 0 Å². The van der Waals surface area contributed by atoms with Crippen molar-refractivity contribution in [2.24, 2.45) is 11.8 Å². The van der Waals surface area contributed by atoms with Gasteiger partial charge in [-0.3, -0.25) is 14.5 Å². The van der Waals surface area contributed by atoms with Crippen LogP contribution in [-0.2, 0) is 16.0 Å². The first-order valence-electron chi connectivity index (χ1n) is 9.76. The Morgan fingerprint density at radius 1 is 1.12 bits per heavy atom. The molecule has 1 aliphatic rings. The van der Waals surface area contributed by atoms with Crippen LogP contribution in [0.3, 0.4) is 0 Å². The number of hydrogen-bond acceptors (Lipinski definition) is 3. The Hall–Kier alpha value is -1.88. The van der Waals surface area contributed by atoms with Gasteiger partial charge in [-0.15, -0.1) is 0 Å². The molecule has 5 heteroatoms. The summed E-state index contributed by atoms with van der Waals surface area (Å²) in [6.07, 6.45) is 4.33. The zero-order valence-electron chi connectivity index (χ0n) is 16.5. The number of nitrogens with one attached hydrogen (secondary N) is 2. The van der Waals surface area contributed by atoms with E-state index in [0.29, 0.717) is 11.8 Å². The molecular formula is C21H33N3O2. The third kappa shape index (κ3) is 5.84. The van der Waals surface area contributed by atoms with E-state index < -0.39 is 0 Å². The number of carbonyl (C=O) groups is 2. The molecule has 1 aromatic rings. The molecule has 144 valence electrons. The van der Waals surface area contributed by atoms with Crippen LogP contribution < -0.4 is 10.6 Å². The van der Waals surface area contributed by atoms with E-state index in [-0.39, 0.29) is 30.9 Å². The Kier molecular flexibility index (Phi) is 7.64. The number of aryl methyl sites for hydroxylation is 1. The topological polar surface area (TPSA) is 61.4 Å². The molecule has 2 N–H and O–H groups in total.